The maximum Gasteiger partial charge on any atom is 0.221 e. The van der Waals surface area contributed by atoms with Crippen molar-refractivity contribution in [3.8, 4) is 0 Å². The number of nitrogens with one attached hydrogen (secondary N) is 1. The molecule has 0 aromatic heterocycles. The van der Waals surface area contributed by atoms with Gasteiger partial charge in [0.25, 0.3) is 0 Å². The standard InChI is InChI=1S/C14H21FN2O3S.ClH/c1-10(8-16)9-17-14(18)7-11(2)21(19,20)13-5-3-12(15)4-6-13;/h3-6,10-11H,7-9,16H2,1-2H3,(H,17,18);1H. The van der Waals surface area contributed by atoms with Crippen molar-refractivity contribution in [3.63, 3.8) is 0 Å². The van der Waals surface area contributed by atoms with Crippen LogP contribution in [0.4, 0.5) is 4.39 Å². The van der Waals surface area contributed by atoms with Crippen molar-refractivity contribution < 1.29 is 17.6 Å². The minimum atomic E-state index is -3.65. The highest BCUT2D eigenvalue weighted by atomic mass is 35.5. The average Bonchev–Trinajstić information content (AvgIpc) is 2.45. The predicted octanol–water partition coefficient (Wildman–Crippen LogP) is 1.51. The lowest BCUT2D eigenvalue weighted by atomic mass is 10.2. The van der Waals surface area contributed by atoms with Gasteiger partial charge in [0.05, 0.1) is 10.1 Å². The topological polar surface area (TPSA) is 89.3 Å². The molecule has 22 heavy (non-hydrogen) atoms. The molecule has 126 valence electrons. The average molecular weight is 353 g/mol. The Labute approximate surface area is 136 Å². The summed E-state index contributed by atoms with van der Waals surface area (Å²) >= 11 is 0. The van der Waals surface area contributed by atoms with Crippen molar-refractivity contribution in [3.05, 3.63) is 30.1 Å². The van der Waals surface area contributed by atoms with Gasteiger partial charge >= 0.3 is 0 Å². The second-order valence-electron chi connectivity index (χ2n) is 5.16. The number of amides is 1. The summed E-state index contributed by atoms with van der Waals surface area (Å²) in [5.41, 5.74) is 5.44. The van der Waals surface area contributed by atoms with E-state index in [4.69, 9.17) is 5.73 Å². The molecule has 0 spiro atoms. The van der Waals surface area contributed by atoms with Gasteiger partial charge in [-0.05, 0) is 43.7 Å². The van der Waals surface area contributed by atoms with E-state index in [1.807, 2.05) is 6.92 Å². The Kier molecular flexibility index (Phi) is 8.58. The summed E-state index contributed by atoms with van der Waals surface area (Å²) in [4.78, 5) is 11.7. The van der Waals surface area contributed by atoms with E-state index in [0.717, 1.165) is 12.1 Å². The number of halogens is 2. The molecule has 0 aliphatic heterocycles. The van der Waals surface area contributed by atoms with E-state index in [2.05, 4.69) is 5.32 Å². The van der Waals surface area contributed by atoms with Crippen LogP contribution < -0.4 is 11.1 Å². The van der Waals surface area contributed by atoms with Gasteiger partial charge in [-0.1, -0.05) is 6.92 Å². The van der Waals surface area contributed by atoms with Crippen molar-refractivity contribution >= 4 is 28.2 Å². The summed E-state index contributed by atoms with van der Waals surface area (Å²) in [5, 5.41) is 1.77. The third-order valence-corrected chi connectivity index (χ3v) is 5.35. The maximum atomic E-state index is 12.8. The number of carbonyl (C=O) groups excluding carboxylic acids is 1. The van der Waals surface area contributed by atoms with E-state index in [1.165, 1.54) is 19.1 Å². The van der Waals surface area contributed by atoms with E-state index in [0.29, 0.717) is 13.1 Å². The molecule has 5 nitrogen and oxygen atoms in total. The minimum Gasteiger partial charge on any atom is -0.356 e. The Morgan fingerprint density at radius 1 is 1.27 bits per heavy atom. The number of sulfone groups is 1. The molecule has 3 N–H and O–H groups in total. The molecule has 0 radical (unpaired) electrons. The van der Waals surface area contributed by atoms with E-state index in [-0.39, 0.29) is 35.5 Å². The van der Waals surface area contributed by atoms with Crippen LogP contribution in [0.25, 0.3) is 0 Å². The Morgan fingerprint density at radius 2 is 1.82 bits per heavy atom. The molecule has 0 aliphatic carbocycles. The summed E-state index contributed by atoms with van der Waals surface area (Å²) in [5.74, 6) is -0.707. The molecule has 0 aliphatic rings. The number of hydrogen-bond acceptors (Lipinski definition) is 4. The fraction of sp³-hybridized carbons (Fsp3) is 0.500. The molecule has 0 fully saturated rings. The van der Waals surface area contributed by atoms with Gasteiger partial charge in [-0.15, -0.1) is 12.4 Å². The monoisotopic (exact) mass is 352 g/mol. The van der Waals surface area contributed by atoms with Gasteiger partial charge in [0.2, 0.25) is 5.91 Å². The lowest BCUT2D eigenvalue weighted by Crippen LogP contribution is -2.34. The predicted molar refractivity (Wildman–Crippen MR) is 86.1 cm³/mol. The summed E-state index contributed by atoms with van der Waals surface area (Å²) < 4.78 is 37.3. The van der Waals surface area contributed by atoms with Crippen LogP contribution in [0.1, 0.15) is 20.3 Å². The van der Waals surface area contributed by atoms with Crippen LogP contribution in [-0.4, -0.2) is 32.7 Å². The minimum absolute atomic E-state index is 0. The van der Waals surface area contributed by atoms with Crippen molar-refractivity contribution in [2.45, 2.75) is 30.4 Å². The largest absolute Gasteiger partial charge is 0.356 e. The fourth-order valence-electron chi connectivity index (χ4n) is 1.67. The summed E-state index contributed by atoms with van der Waals surface area (Å²) in [6, 6.07) is 4.58. The van der Waals surface area contributed by atoms with Crippen molar-refractivity contribution in [1.29, 1.82) is 0 Å². The van der Waals surface area contributed by atoms with Gasteiger partial charge in [-0.2, -0.15) is 0 Å². The van der Waals surface area contributed by atoms with Crippen LogP contribution >= 0.6 is 12.4 Å². The van der Waals surface area contributed by atoms with Gasteiger partial charge in [-0.25, -0.2) is 12.8 Å². The number of rotatable bonds is 7. The first kappa shape index (κ1) is 20.8. The molecular formula is C14H22ClFN2O3S. The smallest absolute Gasteiger partial charge is 0.221 e. The Bertz CT molecular complexity index is 578. The molecule has 1 amide bonds. The van der Waals surface area contributed by atoms with Crippen molar-refractivity contribution in [1.82, 2.24) is 5.32 Å². The van der Waals surface area contributed by atoms with Gasteiger partial charge in [-0.3, -0.25) is 4.79 Å². The molecule has 0 bridgehead atoms. The van der Waals surface area contributed by atoms with Crippen LogP contribution in [0.15, 0.2) is 29.2 Å². The van der Waals surface area contributed by atoms with Crippen molar-refractivity contribution in [2.75, 3.05) is 13.1 Å². The van der Waals surface area contributed by atoms with Crippen molar-refractivity contribution in [2.24, 2.45) is 11.7 Å². The number of nitrogens with two attached hydrogens (primary N) is 1. The molecule has 0 saturated carbocycles. The molecule has 1 aromatic rings. The summed E-state index contributed by atoms with van der Waals surface area (Å²) in [6.07, 6.45) is -0.142. The highest BCUT2D eigenvalue weighted by Gasteiger charge is 2.25. The Morgan fingerprint density at radius 3 is 2.32 bits per heavy atom. The van der Waals surface area contributed by atoms with Crippen LogP contribution in [0, 0.1) is 11.7 Å². The zero-order chi connectivity index (χ0) is 16.0. The normalized spacial score (nSPS) is 13.8. The molecule has 8 heteroatoms. The molecule has 1 aromatic carbocycles. The molecule has 0 saturated heterocycles. The number of hydrogen-bond donors (Lipinski definition) is 2. The quantitative estimate of drug-likeness (QED) is 0.728. The number of carbonyl (C=O) groups is 1. The zero-order valence-electron chi connectivity index (χ0n) is 12.6. The van der Waals surface area contributed by atoms with E-state index in [1.54, 1.807) is 0 Å². The van der Waals surface area contributed by atoms with Crippen LogP contribution in [0.3, 0.4) is 0 Å². The van der Waals surface area contributed by atoms with Gasteiger partial charge < -0.3 is 11.1 Å². The molecular weight excluding hydrogens is 331 g/mol. The second kappa shape index (κ2) is 9.07. The van der Waals surface area contributed by atoms with Gasteiger partial charge in [0.1, 0.15) is 5.82 Å². The second-order valence-corrected chi connectivity index (χ2v) is 7.52. The third-order valence-electron chi connectivity index (χ3n) is 3.19. The third kappa shape index (κ3) is 5.90. The highest BCUT2D eigenvalue weighted by Crippen LogP contribution is 2.18. The maximum absolute atomic E-state index is 12.8. The van der Waals surface area contributed by atoms with E-state index < -0.39 is 20.9 Å². The number of benzene rings is 1. The van der Waals surface area contributed by atoms with E-state index >= 15 is 0 Å². The van der Waals surface area contributed by atoms with Crippen LogP contribution in [0.2, 0.25) is 0 Å². The van der Waals surface area contributed by atoms with Gasteiger partial charge in [0, 0.05) is 13.0 Å². The van der Waals surface area contributed by atoms with Crippen LogP contribution in [-0.2, 0) is 14.6 Å². The molecule has 0 heterocycles. The highest BCUT2D eigenvalue weighted by molar-refractivity contribution is 7.92. The first-order valence-electron chi connectivity index (χ1n) is 6.73. The molecule has 2 atom stereocenters. The first-order valence-corrected chi connectivity index (χ1v) is 8.28. The Balaban J connectivity index is 0.00000441. The SMILES string of the molecule is CC(CN)CNC(=O)CC(C)S(=O)(=O)c1ccc(F)cc1.Cl. The fourth-order valence-corrected chi connectivity index (χ4v) is 3.02. The van der Waals surface area contributed by atoms with Crippen LogP contribution in [0.5, 0.6) is 0 Å². The molecule has 2 unspecified atom stereocenters. The lowest BCUT2D eigenvalue weighted by Gasteiger charge is -2.14. The summed E-state index contributed by atoms with van der Waals surface area (Å²) in [6.45, 7) is 4.21. The molecule has 1 rings (SSSR count). The van der Waals surface area contributed by atoms with Gasteiger partial charge in [0.15, 0.2) is 9.84 Å². The lowest BCUT2D eigenvalue weighted by molar-refractivity contribution is -0.121. The Hall–Kier alpha value is -1.18. The van der Waals surface area contributed by atoms with E-state index in [9.17, 15) is 17.6 Å². The first-order chi connectivity index (χ1) is 9.77. The summed E-state index contributed by atoms with van der Waals surface area (Å²) in [7, 11) is -3.65. The zero-order valence-corrected chi connectivity index (χ0v) is 14.2.